The molecule has 3 heteroatoms. The molecule has 0 aliphatic heterocycles. The normalized spacial score (nSPS) is 13.1. The third kappa shape index (κ3) is 5.22. The van der Waals surface area contributed by atoms with Crippen molar-refractivity contribution in [2.24, 2.45) is 0 Å². The average Bonchev–Trinajstić information content (AvgIpc) is 4.13. The van der Waals surface area contributed by atoms with E-state index in [1.165, 1.54) is 86.6 Å². The van der Waals surface area contributed by atoms with Crippen molar-refractivity contribution in [3.63, 3.8) is 0 Å². The molecule has 2 aliphatic rings. The van der Waals surface area contributed by atoms with Crippen molar-refractivity contribution in [2.75, 3.05) is 4.90 Å². The number of hydrogen-bond donors (Lipinski definition) is 0. The smallest absolute Gasteiger partial charge is 0.136 e. The van der Waals surface area contributed by atoms with Crippen LogP contribution in [-0.2, 0) is 5.41 Å². The molecular weight excluding hydrogens is 843 g/mol. The molecular formula is C65H39NOS. The highest BCUT2D eigenvalue weighted by Gasteiger charge is 2.51. The zero-order chi connectivity index (χ0) is 44.5. The summed E-state index contributed by atoms with van der Waals surface area (Å²) in [5, 5.41) is 7.30. The van der Waals surface area contributed by atoms with E-state index in [1.54, 1.807) is 0 Å². The Balaban J connectivity index is 0.971. The predicted molar refractivity (Wildman–Crippen MR) is 286 cm³/mol. The maximum atomic E-state index is 6.50. The summed E-state index contributed by atoms with van der Waals surface area (Å²) in [4.78, 5) is 2.50. The number of para-hydroxylation sites is 2. The van der Waals surface area contributed by atoms with Gasteiger partial charge in [-0.3, -0.25) is 0 Å². The first kappa shape index (κ1) is 37.7. The highest BCUT2D eigenvalue weighted by molar-refractivity contribution is 7.25. The first-order valence-electron chi connectivity index (χ1n) is 23.4. The van der Waals surface area contributed by atoms with E-state index in [0.717, 1.165) is 50.1 Å². The maximum Gasteiger partial charge on any atom is 0.136 e. The summed E-state index contributed by atoms with van der Waals surface area (Å²) in [5.74, 6) is 0. The van der Waals surface area contributed by atoms with Crippen LogP contribution in [0.15, 0.2) is 241 Å². The second-order valence-electron chi connectivity index (χ2n) is 18.3. The van der Waals surface area contributed by atoms with Gasteiger partial charge in [-0.2, -0.15) is 0 Å². The summed E-state index contributed by atoms with van der Waals surface area (Å²) >= 11 is 1.87. The Labute approximate surface area is 397 Å². The van der Waals surface area contributed by atoms with Gasteiger partial charge in [0.25, 0.3) is 0 Å². The van der Waals surface area contributed by atoms with Gasteiger partial charge in [0.15, 0.2) is 0 Å². The van der Waals surface area contributed by atoms with Crippen LogP contribution in [0, 0.1) is 0 Å². The fourth-order valence-corrected chi connectivity index (χ4v) is 13.2. The summed E-state index contributed by atoms with van der Waals surface area (Å²) < 4.78 is 9.03. The van der Waals surface area contributed by atoms with Crippen LogP contribution in [0.4, 0.5) is 17.1 Å². The Morgan fingerprint density at radius 3 is 1.66 bits per heavy atom. The van der Waals surface area contributed by atoms with E-state index in [1.807, 2.05) is 11.3 Å². The fourth-order valence-electron chi connectivity index (χ4n) is 12.0. The van der Waals surface area contributed by atoms with Crippen LogP contribution in [0.3, 0.4) is 0 Å². The van der Waals surface area contributed by atoms with Gasteiger partial charge in [-0.15, -0.1) is 11.3 Å². The number of benzene rings is 11. The Bertz CT molecular complexity index is 4180. The number of fused-ring (bicyclic) bond motifs is 17. The van der Waals surface area contributed by atoms with Crippen LogP contribution in [0.25, 0.3) is 97.4 Å². The second-order valence-corrected chi connectivity index (χ2v) is 19.4. The Morgan fingerprint density at radius 1 is 0.338 bits per heavy atom. The highest BCUT2D eigenvalue weighted by Crippen LogP contribution is 2.63. The predicted octanol–water partition coefficient (Wildman–Crippen LogP) is 18.3. The number of nitrogens with zero attached hydrogens (tertiary/aromatic N) is 1. The molecule has 13 aromatic rings. The van der Waals surface area contributed by atoms with Crippen LogP contribution in [0.5, 0.6) is 0 Å². The molecule has 0 N–H and O–H groups in total. The van der Waals surface area contributed by atoms with E-state index in [2.05, 4.69) is 241 Å². The zero-order valence-electron chi connectivity index (χ0n) is 36.8. The topological polar surface area (TPSA) is 16.4 Å². The van der Waals surface area contributed by atoms with E-state index in [0.29, 0.717) is 0 Å². The molecule has 2 aliphatic carbocycles. The lowest BCUT2D eigenvalue weighted by molar-refractivity contribution is 0.669. The van der Waals surface area contributed by atoms with Crippen molar-refractivity contribution in [3.05, 3.63) is 259 Å². The molecule has 0 unspecified atom stereocenters. The molecule has 0 saturated carbocycles. The number of rotatable bonds is 5. The van der Waals surface area contributed by atoms with E-state index in [9.17, 15) is 0 Å². The molecule has 2 aromatic heterocycles. The van der Waals surface area contributed by atoms with Crippen molar-refractivity contribution in [2.45, 2.75) is 5.41 Å². The number of thiophene rings is 1. The standard InChI is InChI=1S/C65H39NOS/c1-2-15-41-36-42(29-28-40(41)14-1)43-30-33-51-52-35-32-45(39-63(52)68-62(51)37-43)66(59-25-11-6-19-50(59)53-21-13-27-61-64(53)54-20-7-12-26-60(54)67-61)44-31-34-49-48-18-5-10-24-57(48)65(58(49)38-44)55-22-8-3-16-46(55)47-17-4-9-23-56(47)65/h1-39H. The minimum atomic E-state index is -0.472. The number of furan rings is 1. The minimum absolute atomic E-state index is 0.472. The van der Waals surface area contributed by atoms with E-state index in [-0.39, 0.29) is 0 Å². The van der Waals surface area contributed by atoms with Crippen molar-refractivity contribution in [1.29, 1.82) is 0 Å². The monoisotopic (exact) mass is 881 g/mol. The van der Waals surface area contributed by atoms with Crippen molar-refractivity contribution >= 4 is 81.3 Å². The summed E-state index contributed by atoms with van der Waals surface area (Å²) in [6.45, 7) is 0. The van der Waals surface area contributed by atoms with Crippen molar-refractivity contribution < 1.29 is 4.42 Å². The fraction of sp³-hybridized carbons (Fsp3) is 0.0154. The Kier molecular flexibility index (Phi) is 7.90. The van der Waals surface area contributed by atoms with Crippen LogP contribution >= 0.6 is 11.3 Å². The Hall–Kier alpha value is -8.50. The minimum Gasteiger partial charge on any atom is -0.456 e. The molecule has 68 heavy (non-hydrogen) atoms. The first-order chi connectivity index (χ1) is 33.7. The van der Waals surface area contributed by atoms with Gasteiger partial charge >= 0.3 is 0 Å². The quantitative estimate of drug-likeness (QED) is 0.171. The van der Waals surface area contributed by atoms with E-state index < -0.39 is 5.41 Å². The Morgan fingerprint density at radius 2 is 0.882 bits per heavy atom. The van der Waals surface area contributed by atoms with Gasteiger partial charge in [-0.1, -0.05) is 182 Å². The lowest BCUT2D eigenvalue weighted by Crippen LogP contribution is -2.26. The van der Waals surface area contributed by atoms with Crippen LogP contribution < -0.4 is 4.90 Å². The third-order valence-corrected chi connectivity index (χ3v) is 16.0. The summed E-state index contributed by atoms with van der Waals surface area (Å²) in [6.07, 6.45) is 0. The molecule has 0 saturated heterocycles. The van der Waals surface area contributed by atoms with Crippen molar-refractivity contribution in [1.82, 2.24) is 0 Å². The molecule has 0 radical (unpaired) electrons. The summed E-state index contributed by atoms with van der Waals surface area (Å²) in [5.41, 5.74) is 19.9. The molecule has 0 fully saturated rings. The zero-order valence-corrected chi connectivity index (χ0v) is 37.6. The molecule has 15 rings (SSSR count). The molecule has 0 amide bonds. The molecule has 1 spiro atoms. The van der Waals surface area contributed by atoms with E-state index >= 15 is 0 Å². The largest absolute Gasteiger partial charge is 0.456 e. The summed E-state index contributed by atoms with van der Waals surface area (Å²) in [7, 11) is 0. The molecule has 0 atom stereocenters. The SMILES string of the molecule is c1ccc(N(c2ccc3c(c2)C2(c4ccccc4-c4ccccc42)c2ccccc2-3)c2ccc3c(c2)sc2cc(-c4ccc5ccccc5c4)ccc23)c(-c2cccc3oc4ccccc4c23)c1. The first-order valence-corrected chi connectivity index (χ1v) is 24.2. The maximum absolute atomic E-state index is 6.50. The van der Waals surface area contributed by atoms with E-state index in [4.69, 9.17) is 4.42 Å². The van der Waals surface area contributed by atoms with Crippen LogP contribution in [-0.4, -0.2) is 0 Å². The van der Waals surface area contributed by atoms with Gasteiger partial charge in [-0.25, -0.2) is 0 Å². The number of anilines is 3. The van der Waals surface area contributed by atoms with Crippen molar-refractivity contribution in [3.8, 4) is 44.5 Å². The lowest BCUT2D eigenvalue weighted by atomic mass is 9.70. The van der Waals surface area contributed by atoms with Crippen LogP contribution in [0.1, 0.15) is 22.3 Å². The van der Waals surface area contributed by atoms with Gasteiger partial charge in [0, 0.05) is 47.9 Å². The van der Waals surface area contributed by atoms with Gasteiger partial charge < -0.3 is 9.32 Å². The molecule has 316 valence electrons. The van der Waals surface area contributed by atoms with Gasteiger partial charge in [0.05, 0.1) is 11.1 Å². The molecule has 11 aromatic carbocycles. The molecule has 2 nitrogen and oxygen atoms in total. The van der Waals surface area contributed by atoms with Gasteiger partial charge in [-0.05, 0) is 127 Å². The highest BCUT2D eigenvalue weighted by atomic mass is 32.1. The van der Waals surface area contributed by atoms with Crippen LogP contribution in [0.2, 0.25) is 0 Å². The summed E-state index contributed by atoms with van der Waals surface area (Å²) in [6, 6.07) is 87.7. The number of hydrogen-bond acceptors (Lipinski definition) is 3. The molecule has 0 bridgehead atoms. The van der Waals surface area contributed by atoms with Gasteiger partial charge in [0.1, 0.15) is 11.2 Å². The lowest BCUT2D eigenvalue weighted by Gasteiger charge is -2.32. The second kappa shape index (κ2) is 14.3. The molecule has 2 heterocycles. The average molecular weight is 882 g/mol. The van der Waals surface area contributed by atoms with Gasteiger partial charge in [0.2, 0.25) is 0 Å². The third-order valence-electron chi connectivity index (χ3n) is 14.9.